The van der Waals surface area contributed by atoms with E-state index in [4.69, 9.17) is 9.84 Å². The molecule has 2 aromatic carbocycles. The Morgan fingerprint density at radius 2 is 1.76 bits per heavy atom. The zero-order chi connectivity index (χ0) is 15.1. The topological polar surface area (TPSA) is 72.6 Å². The fourth-order valence-electron chi connectivity index (χ4n) is 1.66. The predicted molar refractivity (Wildman–Crippen MR) is 77.8 cm³/mol. The Hall–Kier alpha value is -2.84. The molecule has 2 rings (SSSR count). The molecule has 21 heavy (non-hydrogen) atoms. The van der Waals surface area contributed by atoms with Gasteiger partial charge in [0.2, 0.25) is 0 Å². The van der Waals surface area contributed by atoms with E-state index in [9.17, 15) is 10.1 Å². The first kappa shape index (κ1) is 14.6. The molecular formula is C16H13NO4. The summed E-state index contributed by atoms with van der Waals surface area (Å²) in [6.07, 6.45) is 0. The number of non-ortho nitro benzene ring substituents is 1. The van der Waals surface area contributed by atoms with Crippen LogP contribution in [0, 0.1) is 22.0 Å². The Bertz CT molecular complexity index is 666. The molecule has 0 amide bonds. The molecule has 0 radical (unpaired) electrons. The number of aliphatic hydroxyl groups excluding tert-OH is 1. The van der Waals surface area contributed by atoms with Gasteiger partial charge in [-0.1, -0.05) is 24.0 Å². The number of benzene rings is 2. The maximum atomic E-state index is 10.5. The summed E-state index contributed by atoms with van der Waals surface area (Å²) in [6, 6.07) is 13.4. The van der Waals surface area contributed by atoms with Crippen molar-refractivity contribution < 1.29 is 14.8 Å². The molecule has 0 aliphatic rings. The number of rotatable bonds is 4. The van der Waals surface area contributed by atoms with Gasteiger partial charge in [-0.25, -0.2) is 0 Å². The van der Waals surface area contributed by atoms with E-state index in [0.717, 1.165) is 11.1 Å². The van der Waals surface area contributed by atoms with Gasteiger partial charge in [-0.3, -0.25) is 10.1 Å². The molecular weight excluding hydrogens is 270 g/mol. The zero-order valence-corrected chi connectivity index (χ0v) is 11.2. The molecule has 0 bridgehead atoms. The highest BCUT2D eigenvalue weighted by atomic mass is 16.6. The van der Waals surface area contributed by atoms with Crippen molar-refractivity contribution in [1.29, 1.82) is 0 Å². The molecule has 0 saturated heterocycles. The van der Waals surface area contributed by atoms with Crippen LogP contribution in [-0.2, 0) is 6.61 Å². The van der Waals surface area contributed by atoms with Crippen molar-refractivity contribution in [3.63, 3.8) is 0 Å². The molecule has 5 heteroatoms. The lowest BCUT2D eigenvalue weighted by atomic mass is 10.1. The lowest BCUT2D eigenvalue weighted by molar-refractivity contribution is -0.384. The molecule has 0 aromatic heterocycles. The van der Waals surface area contributed by atoms with Crippen molar-refractivity contribution in [2.45, 2.75) is 6.61 Å². The molecule has 0 fully saturated rings. The lowest BCUT2D eigenvalue weighted by Crippen LogP contribution is -1.95. The first-order chi connectivity index (χ1) is 10.2. The monoisotopic (exact) mass is 283 g/mol. The van der Waals surface area contributed by atoms with E-state index in [1.165, 1.54) is 12.1 Å². The highest BCUT2D eigenvalue weighted by molar-refractivity contribution is 5.37. The molecule has 0 unspecified atom stereocenters. The van der Waals surface area contributed by atoms with Crippen LogP contribution in [0.3, 0.4) is 0 Å². The molecule has 0 aliphatic carbocycles. The summed E-state index contributed by atoms with van der Waals surface area (Å²) in [7, 11) is 0. The van der Waals surface area contributed by atoms with Crippen molar-refractivity contribution in [3.05, 3.63) is 69.8 Å². The Labute approximate surface area is 122 Å². The number of hydrogen-bond acceptors (Lipinski definition) is 4. The van der Waals surface area contributed by atoms with Crippen LogP contribution in [0.4, 0.5) is 5.69 Å². The fraction of sp³-hybridized carbons (Fsp3) is 0.125. The van der Waals surface area contributed by atoms with Crippen molar-refractivity contribution in [1.82, 2.24) is 0 Å². The molecule has 0 aliphatic heterocycles. The molecule has 5 nitrogen and oxygen atoms in total. The van der Waals surface area contributed by atoms with Gasteiger partial charge in [0.1, 0.15) is 19.0 Å². The van der Waals surface area contributed by atoms with Crippen LogP contribution >= 0.6 is 0 Å². The van der Waals surface area contributed by atoms with Crippen LogP contribution in [0.5, 0.6) is 5.75 Å². The summed E-state index contributed by atoms with van der Waals surface area (Å²) in [4.78, 5) is 10.1. The maximum absolute atomic E-state index is 10.5. The van der Waals surface area contributed by atoms with Crippen LogP contribution in [-0.4, -0.2) is 16.6 Å². The average Bonchev–Trinajstić information content (AvgIpc) is 2.52. The molecule has 1 N–H and O–H groups in total. The minimum absolute atomic E-state index is 0.0363. The number of nitro benzene ring substituents is 1. The standard InChI is InChI=1S/C16H13NO4/c18-11-1-2-13-3-5-14(6-4-13)12-21-16-9-7-15(8-10-16)17(19)20/h3-10,18H,11-12H2. The smallest absolute Gasteiger partial charge is 0.269 e. The number of nitrogens with zero attached hydrogens (tertiary/aromatic N) is 1. The maximum Gasteiger partial charge on any atom is 0.269 e. The molecule has 0 atom stereocenters. The van der Waals surface area contributed by atoms with E-state index >= 15 is 0 Å². The third-order valence-electron chi connectivity index (χ3n) is 2.72. The van der Waals surface area contributed by atoms with E-state index in [1.807, 2.05) is 24.3 Å². The van der Waals surface area contributed by atoms with E-state index in [-0.39, 0.29) is 12.3 Å². The van der Waals surface area contributed by atoms with Crippen LogP contribution in [0.2, 0.25) is 0 Å². The van der Waals surface area contributed by atoms with Gasteiger partial charge >= 0.3 is 0 Å². The van der Waals surface area contributed by atoms with Crippen molar-refractivity contribution >= 4 is 5.69 Å². The highest BCUT2D eigenvalue weighted by Crippen LogP contribution is 2.18. The molecule has 2 aromatic rings. The largest absolute Gasteiger partial charge is 0.489 e. The quantitative estimate of drug-likeness (QED) is 0.531. The second-order valence-electron chi connectivity index (χ2n) is 4.20. The van der Waals surface area contributed by atoms with Crippen LogP contribution in [0.1, 0.15) is 11.1 Å². The first-order valence-corrected chi connectivity index (χ1v) is 6.25. The van der Waals surface area contributed by atoms with Gasteiger partial charge in [0.15, 0.2) is 0 Å². The Balaban J connectivity index is 1.94. The minimum Gasteiger partial charge on any atom is -0.489 e. The SMILES string of the molecule is O=[N+]([O-])c1ccc(OCc2ccc(C#CCO)cc2)cc1. The van der Waals surface area contributed by atoms with Gasteiger partial charge < -0.3 is 9.84 Å². The van der Waals surface area contributed by atoms with Crippen molar-refractivity contribution in [2.24, 2.45) is 0 Å². The second-order valence-corrected chi connectivity index (χ2v) is 4.20. The average molecular weight is 283 g/mol. The summed E-state index contributed by atoms with van der Waals surface area (Å²) in [5, 5.41) is 19.1. The van der Waals surface area contributed by atoms with Gasteiger partial charge in [0.05, 0.1) is 4.92 Å². The van der Waals surface area contributed by atoms with E-state index < -0.39 is 4.92 Å². The normalized spacial score (nSPS) is 9.57. The van der Waals surface area contributed by atoms with Gasteiger partial charge in [-0.05, 0) is 29.8 Å². The van der Waals surface area contributed by atoms with Crippen molar-refractivity contribution in [2.75, 3.05) is 6.61 Å². The Morgan fingerprint density at radius 3 is 2.33 bits per heavy atom. The van der Waals surface area contributed by atoms with Gasteiger partial charge in [-0.2, -0.15) is 0 Å². The predicted octanol–water partition coefficient (Wildman–Crippen LogP) is 2.52. The Morgan fingerprint density at radius 1 is 1.10 bits per heavy atom. The van der Waals surface area contributed by atoms with Crippen LogP contribution < -0.4 is 4.74 Å². The summed E-state index contributed by atoms with van der Waals surface area (Å²) in [5.41, 5.74) is 1.82. The second kappa shape index (κ2) is 7.08. The lowest BCUT2D eigenvalue weighted by Gasteiger charge is -2.06. The van der Waals surface area contributed by atoms with Crippen LogP contribution in [0.25, 0.3) is 0 Å². The number of aliphatic hydroxyl groups is 1. The van der Waals surface area contributed by atoms with Gasteiger partial charge in [0.25, 0.3) is 5.69 Å². The summed E-state index contributed by atoms with van der Waals surface area (Å²) < 4.78 is 5.55. The number of nitro groups is 1. The summed E-state index contributed by atoms with van der Waals surface area (Å²) >= 11 is 0. The number of ether oxygens (including phenoxy) is 1. The minimum atomic E-state index is -0.448. The molecule has 106 valence electrons. The summed E-state index contributed by atoms with van der Waals surface area (Å²) in [5.74, 6) is 5.96. The number of hydrogen-bond donors (Lipinski definition) is 1. The molecule has 0 heterocycles. The highest BCUT2D eigenvalue weighted by Gasteiger charge is 2.04. The Kier molecular flexibility index (Phi) is 4.91. The molecule has 0 spiro atoms. The van der Waals surface area contributed by atoms with Crippen LogP contribution in [0.15, 0.2) is 48.5 Å². The van der Waals surface area contributed by atoms with E-state index in [2.05, 4.69) is 11.8 Å². The fourth-order valence-corrected chi connectivity index (χ4v) is 1.66. The van der Waals surface area contributed by atoms with E-state index in [0.29, 0.717) is 12.4 Å². The van der Waals surface area contributed by atoms with Crippen molar-refractivity contribution in [3.8, 4) is 17.6 Å². The van der Waals surface area contributed by atoms with E-state index in [1.54, 1.807) is 12.1 Å². The van der Waals surface area contributed by atoms with Gasteiger partial charge in [-0.15, -0.1) is 0 Å². The third kappa shape index (κ3) is 4.34. The molecule has 0 saturated carbocycles. The first-order valence-electron chi connectivity index (χ1n) is 6.25. The third-order valence-corrected chi connectivity index (χ3v) is 2.72. The van der Waals surface area contributed by atoms with Gasteiger partial charge in [0, 0.05) is 17.7 Å². The zero-order valence-electron chi connectivity index (χ0n) is 11.2. The summed E-state index contributed by atoms with van der Waals surface area (Å²) in [6.45, 7) is 0.205.